The van der Waals surface area contributed by atoms with Crippen LogP contribution in [0.1, 0.15) is 0 Å². The summed E-state index contributed by atoms with van der Waals surface area (Å²) in [5.41, 5.74) is 0. The Balaban J connectivity index is 3.17. The molecule has 0 N–H and O–H groups in total. The van der Waals surface area contributed by atoms with Crippen LogP contribution in [0, 0.1) is 11.6 Å². The zero-order valence-corrected chi connectivity index (χ0v) is 4.99. The summed E-state index contributed by atoms with van der Waals surface area (Å²) in [5, 5.41) is 0. The molecule has 0 aromatic heterocycles. The second kappa shape index (κ2) is 2.51. The van der Waals surface area contributed by atoms with E-state index in [9.17, 15) is 8.78 Å². The van der Waals surface area contributed by atoms with Gasteiger partial charge in [0.25, 0.3) is 0 Å². The van der Waals surface area contributed by atoms with Gasteiger partial charge in [0.05, 0.1) is 0 Å². The van der Waals surface area contributed by atoms with Gasteiger partial charge in [0.15, 0.2) is 0 Å². The molecule has 0 aliphatic heterocycles. The fourth-order valence-corrected chi connectivity index (χ4v) is 0.567. The molecule has 0 fully saturated rings. The van der Waals surface area contributed by atoms with E-state index in [0.29, 0.717) is 4.24 Å². The predicted molar refractivity (Wildman–Crippen MR) is 31.7 cm³/mol. The van der Waals surface area contributed by atoms with Crippen LogP contribution in [-0.2, 0) is 0 Å². The van der Waals surface area contributed by atoms with E-state index in [1.54, 1.807) is 17.7 Å². The molecule has 0 bridgehead atoms. The molecule has 42 valence electrons. The second-order valence-corrected chi connectivity index (χ2v) is 1.89. The van der Waals surface area contributed by atoms with E-state index in [-0.39, 0.29) is 0 Å². The summed E-state index contributed by atoms with van der Waals surface area (Å²) in [6.07, 6.45) is 0. The minimum atomic E-state index is -0.530. The third-order valence-electron chi connectivity index (χ3n) is 1.13. The molecule has 1 aromatic carbocycles. The van der Waals surface area contributed by atoms with Crippen molar-refractivity contribution >= 4 is 22.0 Å². The first-order valence-corrected chi connectivity index (χ1v) is 2.62. The van der Waals surface area contributed by atoms with Gasteiger partial charge in [-0.2, -0.15) is 0 Å². The van der Waals surface area contributed by atoms with Crippen LogP contribution in [0.5, 0.6) is 0 Å². The molecular formula is C6H3F2Li. The van der Waals surface area contributed by atoms with Crippen LogP contribution < -0.4 is 4.24 Å². The minimum absolute atomic E-state index is 0.469. The molecule has 0 heterocycles. The van der Waals surface area contributed by atoms with E-state index in [0.717, 1.165) is 6.07 Å². The molecule has 1 rings (SSSR count). The standard InChI is InChI=1S/C6H3F2.Li/c7-5-2-1-3-6(8)4-5;/h1-2,4H;. The Labute approximate surface area is 61.1 Å². The zero-order chi connectivity index (χ0) is 6.85. The number of benzene rings is 1. The fraction of sp³-hybridized carbons (Fsp3) is 0. The van der Waals surface area contributed by atoms with E-state index < -0.39 is 11.6 Å². The number of rotatable bonds is 0. The van der Waals surface area contributed by atoms with Gasteiger partial charge >= 0.3 is 60.6 Å². The average molecular weight is 120 g/mol. The quantitative estimate of drug-likeness (QED) is 0.443. The van der Waals surface area contributed by atoms with Crippen molar-refractivity contribution in [2.45, 2.75) is 0 Å². The molecule has 0 radical (unpaired) electrons. The monoisotopic (exact) mass is 120 g/mol. The molecule has 9 heavy (non-hydrogen) atoms. The molecule has 1 aromatic rings. The molecule has 0 amide bonds. The summed E-state index contributed by atoms with van der Waals surface area (Å²) in [6.45, 7) is 0. The Morgan fingerprint density at radius 1 is 1.22 bits per heavy atom. The Kier molecular flexibility index (Phi) is 1.89. The van der Waals surface area contributed by atoms with Crippen molar-refractivity contribution < 1.29 is 8.78 Å². The third-order valence-corrected chi connectivity index (χ3v) is 1.13. The molecule has 0 spiro atoms. The van der Waals surface area contributed by atoms with Crippen LogP contribution in [0.2, 0.25) is 0 Å². The van der Waals surface area contributed by atoms with Crippen molar-refractivity contribution in [2.75, 3.05) is 0 Å². The first-order chi connectivity index (χ1) is 4.20. The van der Waals surface area contributed by atoms with Gasteiger partial charge in [-0.3, -0.25) is 0 Å². The van der Waals surface area contributed by atoms with E-state index in [1.165, 1.54) is 12.1 Å². The van der Waals surface area contributed by atoms with Crippen molar-refractivity contribution in [3.05, 3.63) is 29.8 Å². The maximum absolute atomic E-state index is 12.3. The first-order valence-electron chi connectivity index (χ1n) is 2.62. The van der Waals surface area contributed by atoms with Crippen LogP contribution in [0.3, 0.4) is 0 Å². The van der Waals surface area contributed by atoms with E-state index in [4.69, 9.17) is 0 Å². The Morgan fingerprint density at radius 2 is 1.89 bits per heavy atom. The van der Waals surface area contributed by atoms with Gasteiger partial charge in [-0.1, -0.05) is 0 Å². The summed E-state index contributed by atoms with van der Waals surface area (Å²) in [7, 11) is 0. The van der Waals surface area contributed by atoms with Gasteiger partial charge in [-0.05, 0) is 0 Å². The molecule has 0 aliphatic carbocycles. The van der Waals surface area contributed by atoms with Crippen LogP contribution in [-0.4, -0.2) is 17.7 Å². The molecule has 0 saturated heterocycles. The number of halogens is 2. The third kappa shape index (κ3) is 1.54. The summed E-state index contributed by atoms with van der Waals surface area (Å²) >= 11 is 1.59. The topological polar surface area (TPSA) is 0 Å². The second-order valence-electron chi connectivity index (χ2n) is 1.89. The summed E-state index contributed by atoms with van der Waals surface area (Å²) in [6, 6.07) is 3.51. The van der Waals surface area contributed by atoms with Crippen molar-refractivity contribution in [3.63, 3.8) is 0 Å². The zero-order valence-electron chi connectivity index (χ0n) is 4.99. The SMILES string of the molecule is [Li][c]1ccc(F)cc1F. The van der Waals surface area contributed by atoms with Crippen molar-refractivity contribution in [3.8, 4) is 0 Å². The first kappa shape index (κ1) is 6.79. The number of hydrogen-bond donors (Lipinski definition) is 0. The van der Waals surface area contributed by atoms with Gasteiger partial charge in [0, 0.05) is 0 Å². The van der Waals surface area contributed by atoms with Crippen LogP contribution in [0.15, 0.2) is 18.2 Å². The van der Waals surface area contributed by atoms with Gasteiger partial charge in [0.2, 0.25) is 0 Å². The summed E-state index contributed by atoms with van der Waals surface area (Å²) in [5.74, 6) is -1.02. The van der Waals surface area contributed by atoms with E-state index >= 15 is 0 Å². The Morgan fingerprint density at radius 3 is 2.33 bits per heavy atom. The van der Waals surface area contributed by atoms with Crippen molar-refractivity contribution in [1.29, 1.82) is 0 Å². The van der Waals surface area contributed by atoms with Gasteiger partial charge in [-0.25, -0.2) is 0 Å². The van der Waals surface area contributed by atoms with Crippen LogP contribution in [0.4, 0.5) is 8.78 Å². The number of hydrogen-bond acceptors (Lipinski definition) is 0. The molecular weight excluding hydrogens is 117 g/mol. The molecule has 0 saturated carbocycles. The van der Waals surface area contributed by atoms with Gasteiger partial charge < -0.3 is 0 Å². The van der Waals surface area contributed by atoms with Crippen LogP contribution >= 0.6 is 0 Å². The van der Waals surface area contributed by atoms with Gasteiger partial charge in [0.1, 0.15) is 0 Å². The fourth-order valence-electron chi connectivity index (χ4n) is 0.567. The van der Waals surface area contributed by atoms with Crippen LogP contribution in [0.25, 0.3) is 0 Å². The van der Waals surface area contributed by atoms with Gasteiger partial charge in [-0.15, -0.1) is 0 Å². The molecule has 0 nitrogen and oxygen atoms in total. The molecule has 3 heteroatoms. The Hall–Kier alpha value is -0.323. The molecule has 0 unspecified atom stereocenters. The molecule has 0 atom stereocenters. The Bertz CT molecular complexity index is 222. The summed E-state index contributed by atoms with van der Waals surface area (Å²) in [4.78, 5) is 0. The van der Waals surface area contributed by atoms with Crippen molar-refractivity contribution in [2.24, 2.45) is 0 Å². The summed E-state index contributed by atoms with van der Waals surface area (Å²) < 4.78 is 24.9. The normalized spacial score (nSPS) is 9.78. The molecule has 0 aliphatic rings. The van der Waals surface area contributed by atoms with Crippen molar-refractivity contribution in [1.82, 2.24) is 0 Å². The predicted octanol–water partition coefficient (Wildman–Crippen LogP) is 0.759. The maximum atomic E-state index is 12.3. The average Bonchev–Trinajstić information content (AvgIpc) is 1.80. The van der Waals surface area contributed by atoms with E-state index in [1.807, 2.05) is 0 Å². The van der Waals surface area contributed by atoms with E-state index in [2.05, 4.69) is 0 Å².